The lowest BCUT2D eigenvalue weighted by Crippen LogP contribution is -2.51. The van der Waals surface area contributed by atoms with E-state index in [1.165, 1.54) is 18.7 Å². The fraction of sp³-hybridized carbons (Fsp3) is 1.00. The van der Waals surface area contributed by atoms with E-state index in [2.05, 4.69) is 44.8 Å². The third-order valence-electron chi connectivity index (χ3n) is 2.83. The van der Waals surface area contributed by atoms with Crippen molar-refractivity contribution in [1.29, 1.82) is 0 Å². The zero-order valence-corrected chi connectivity index (χ0v) is 9.50. The number of hydrogen-bond donors (Lipinski definition) is 1. The third kappa shape index (κ3) is 1.97. The van der Waals surface area contributed by atoms with Gasteiger partial charge >= 0.3 is 0 Å². The molecule has 2 heteroatoms. The number of hydrogen-bond acceptors (Lipinski definition) is 2. The number of rotatable bonds is 2. The van der Waals surface area contributed by atoms with Crippen LogP contribution >= 0.6 is 11.8 Å². The minimum atomic E-state index is 0.368. The predicted octanol–water partition coefficient (Wildman–Crippen LogP) is 2.72. The van der Waals surface area contributed by atoms with Crippen LogP contribution in [-0.4, -0.2) is 17.2 Å². The van der Waals surface area contributed by atoms with E-state index < -0.39 is 0 Å². The molecule has 2 unspecified atom stereocenters. The first-order chi connectivity index (χ1) is 5.60. The molecule has 0 saturated carbocycles. The Morgan fingerprint density at radius 2 is 2.25 bits per heavy atom. The van der Waals surface area contributed by atoms with Gasteiger partial charge in [0, 0.05) is 0 Å². The molecule has 72 valence electrons. The summed E-state index contributed by atoms with van der Waals surface area (Å²) < 4.78 is 0. The zero-order chi connectivity index (χ0) is 9.19. The van der Waals surface area contributed by atoms with Gasteiger partial charge in [-0.05, 0) is 30.6 Å². The molecule has 0 amide bonds. The van der Waals surface area contributed by atoms with Gasteiger partial charge in [0.1, 0.15) is 0 Å². The van der Waals surface area contributed by atoms with Crippen molar-refractivity contribution in [3.05, 3.63) is 0 Å². The summed E-state index contributed by atoms with van der Waals surface area (Å²) in [6, 6.07) is 0. The summed E-state index contributed by atoms with van der Waals surface area (Å²) in [7, 11) is 0. The van der Waals surface area contributed by atoms with Crippen LogP contribution in [0.3, 0.4) is 0 Å². The van der Waals surface area contributed by atoms with Gasteiger partial charge in [0.2, 0.25) is 0 Å². The summed E-state index contributed by atoms with van der Waals surface area (Å²) in [6.07, 6.45) is 1.24. The second-order valence-corrected chi connectivity index (χ2v) is 5.55. The Bertz CT molecular complexity index is 137. The summed E-state index contributed by atoms with van der Waals surface area (Å²) in [6.45, 7) is 10.4. The highest BCUT2D eigenvalue weighted by Gasteiger charge is 2.35. The van der Waals surface area contributed by atoms with Crippen molar-refractivity contribution in [2.75, 3.05) is 12.3 Å². The zero-order valence-electron chi connectivity index (χ0n) is 8.68. The molecule has 2 atom stereocenters. The van der Waals surface area contributed by atoms with Crippen molar-refractivity contribution in [2.24, 2.45) is 11.8 Å². The highest BCUT2D eigenvalue weighted by molar-refractivity contribution is 8.00. The van der Waals surface area contributed by atoms with Crippen LogP contribution in [0.1, 0.15) is 34.1 Å². The molecule has 1 aliphatic heterocycles. The molecule has 0 bridgehead atoms. The van der Waals surface area contributed by atoms with Crippen molar-refractivity contribution in [3.8, 4) is 0 Å². The van der Waals surface area contributed by atoms with Gasteiger partial charge in [0.15, 0.2) is 0 Å². The lowest BCUT2D eigenvalue weighted by molar-refractivity contribution is 0.317. The molecule has 12 heavy (non-hydrogen) atoms. The largest absolute Gasteiger partial charge is 0.302 e. The normalized spacial score (nSPS) is 37.2. The molecule has 1 nitrogen and oxygen atoms in total. The molecule has 1 N–H and O–H groups in total. The van der Waals surface area contributed by atoms with Gasteiger partial charge in [-0.15, -0.1) is 11.8 Å². The first kappa shape index (κ1) is 10.4. The predicted molar refractivity (Wildman–Crippen MR) is 57.5 cm³/mol. The minimum absolute atomic E-state index is 0.368. The van der Waals surface area contributed by atoms with E-state index in [4.69, 9.17) is 0 Å². The molecule has 0 aromatic carbocycles. The maximum absolute atomic E-state index is 3.69. The smallest absolute Gasteiger partial charge is 0.0665 e. The Labute approximate surface area is 80.7 Å². The molecule has 0 aromatic heterocycles. The fourth-order valence-corrected chi connectivity index (χ4v) is 3.18. The van der Waals surface area contributed by atoms with Crippen molar-refractivity contribution in [3.63, 3.8) is 0 Å². The van der Waals surface area contributed by atoms with Gasteiger partial charge in [0.25, 0.3) is 0 Å². The van der Waals surface area contributed by atoms with Crippen LogP contribution in [0.15, 0.2) is 0 Å². The average molecular weight is 187 g/mol. The first-order valence-corrected chi connectivity index (χ1v) is 5.98. The van der Waals surface area contributed by atoms with Crippen LogP contribution in [0.4, 0.5) is 0 Å². The quantitative estimate of drug-likeness (QED) is 0.713. The van der Waals surface area contributed by atoms with E-state index >= 15 is 0 Å². The lowest BCUT2D eigenvalue weighted by atomic mass is 9.99. The van der Waals surface area contributed by atoms with Gasteiger partial charge in [-0.3, -0.25) is 0 Å². The second-order valence-electron chi connectivity index (χ2n) is 4.19. The standard InChI is InChI=1S/C10H21NS/c1-5-10(8(2)3)11-6-9(4)7-12-10/h8-9,11H,5-7H2,1-4H3. The van der Waals surface area contributed by atoms with Gasteiger partial charge < -0.3 is 5.32 Å². The molecular formula is C10H21NS. The molecule has 0 aromatic rings. The molecule has 0 aliphatic carbocycles. The lowest BCUT2D eigenvalue weighted by Gasteiger charge is -2.42. The molecule has 1 saturated heterocycles. The molecule has 1 heterocycles. The second kappa shape index (κ2) is 4.01. The summed E-state index contributed by atoms with van der Waals surface area (Å²) in [5.74, 6) is 2.90. The summed E-state index contributed by atoms with van der Waals surface area (Å²) in [4.78, 5) is 0.368. The van der Waals surface area contributed by atoms with Gasteiger partial charge in [-0.25, -0.2) is 0 Å². The SMILES string of the molecule is CCC1(C(C)C)NCC(C)CS1. The average Bonchev–Trinajstić information content (AvgIpc) is 2.06. The van der Waals surface area contributed by atoms with E-state index in [0.717, 1.165) is 11.8 Å². The van der Waals surface area contributed by atoms with E-state index in [0.29, 0.717) is 4.87 Å². The van der Waals surface area contributed by atoms with Crippen molar-refractivity contribution in [1.82, 2.24) is 5.32 Å². The van der Waals surface area contributed by atoms with Crippen LogP contribution in [0, 0.1) is 11.8 Å². The Balaban J connectivity index is 2.57. The summed E-state index contributed by atoms with van der Waals surface area (Å²) in [5.41, 5.74) is 0. The van der Waals surface area contributed by atoms with Crippen LogP contribution in [0.2, 0.25) is 0 Å². The Morgan fingerprint density at radius 1 is 1.58 bits per heavy atom. The fourth-order valence-electron chi connectivity index (χ4n) is 1.75. The highest BCUT2D eigenvalue weighted by Crippen LogP contribution is 2.37. The number of thioether (sulfide) groups is 1. The Kier molecular flexibility index (Phi) is 3.47. The van der Waals surface area contributed by atoms with E-state index in [1.807, 2.05) is 0 Å². The molecular weight excluding hydrogens is 166 g/mol. The molecule has 0 spiro atoms. The van der Waals surface area contributed by atoms with Crippen LogP contribution in [0.5, 0.6) is 0 Å². The third-order valence-corrected chi connectivity index (χ3v) is 4.99. The van der Waals surface area contributed by atoms with Crippen molar-refractivity contribution in [2.45, 2.75) is 39.0 Å². The maximum Gasteiger partial charge on any atom is 0.0665 e. The van der Waals surface area contributed by atoms with Crippen molar-refractivity contribution < 1.29 is 0 Å². The highest BCUT2D eigenvalue weighted by atomic mass is 32.2. The van der Waals surface area contributed by atoms with Gasteiger partial charge in [-0.2, -0.15) is 0 Å². The molecule has 0 radical (unpaired) electrons. The maximum atomic E-state index is 3.69. The van der Waals surface area contributed by atoms with E-state index in [-0.39, 0.29) is 0 Å². The van der Waals surface area contributed by atoms with Crippen LogP contribution in [0.25, 0.3) is 0 Å². The van der Waals surface area contributed by atoms with Crippen LogP contribution < -0.4 is 5.32 Å². The van der Waals surface area contributed by atoms with Gasteiger partial charge in [-0.1, -0.05) is 27.7 Å². The Hall–Kier alpha value is 0.310. The minimum Gasteiger partial charge on any atom is -0.302 e. The topological polar surface area (TPSA) is 12.0 Å². The van der Waals surface area contributed by atoms with Gasteiger partial charge in [0.05, 0.1) is 4.87 Å². The molecule has 1 aliphatic rings. The summed E-state index contributed by atoms with van der Waals surface area (Å²) >= 11 is 2.12. The Morgan fingerprint density at radius 3 is 2.58 bits per heavy atom. The molecule has 1 rings (SSSR count). The van der Waals surface area contributed by atoms with Crippen LogP contribution in [-0.2, 0) is 0 Å². The first-order valence-electron chi connectivity index (χ1n) is 4.99. The number of nitrogens with one attached hydrogen (secondary N) is 1. The van der Waals surface area contributed by atoms with E-state index in [9.17, 15) is 0 Å². The van der Waals surface area contributed by atoms with Crippen molar-refractivity contribution >= 4 is 11.8 Å². The van der Waals surface area contributed by atoms with E-state index in [1.54, 1.807) is 0 Å². The monoisotopic (exact) mass is 187 g/mol. The summed E-state index contributed by atoms with van der Waals surface area (Å²) in [5, 5.41) is 3.69. The molecule has 1 fully saturated rings.